The molecule has 0 unspecified atom stereocenters. The Balaban J connectivity index is 2.23. The average molecular weight is 407 g/mol. The summed E-state index contributed by atoms with van der Waals surface area (Å²) in [5, 5.41) is 5.25. The summed E-state index contributed by atoms with van der Waals surface area (Å²) in [5.74, 6) is 1.65. The van der Waals surface area contributed by atoms with Gasteiger partial charge in [0.15, 0.2) is 5.82 Å². The summed E-state index contributed by atoms with van der Waals surface area (Å²) in [4.78, 5) is 10.6. The molecular weight excluding hydrogens is 393 g/mol. The zero-order valence-electron chi connectivity index (χ0n) is 11.7. The van der Waals surface area contributed by atoms with Gasteiger partial charge in [0.1, 0.15) is 5.82 Å². The topological polar surface area (TPSA) is 37.8 Å². The highest BCUT2D eigenvalue weighted by Gasteiger charge is 2.15. The highest BCUT2D eigenvalue weighted by molar-refractivity contribution is 14.1. The molecule has 1 N–H and O–H groups in total. The van der Waals surface area contributed by atoms with Crippen LogP contribution in [-0.4, -0.2) is 17.0 Å². The minimum Gasteiger partial charge on any atom is -0.372 e. The number of halogens is 1. The zero-order valence-corrected chi connectivity index (χ0v) is 14.7. The van der Waals surface area contributed by atoms with Gasteiger partial charge in [-0.15, -0.1) is 11.3 Å². The molecule has 0 atom stereocenters. The largest absolute Gasteiger partial charge is 0.372 e. The number of aromatic nitrogens is 2. The molecule has 0 saturated heterocycles. The van der Waals surface area contributed by atoms with Gasteiger partial charge in [-0.2, -0.15) is 0 Å². The molecule has 0 amide bonds. The maximum absolute atomic E-state index is 4.81. The van der Waals surface area contributed by atoms with Crippen LogP contribution in [0.5, 0.6) is 0 Å². The van der Waals surface area contributed by atoms with Crippen molar-refractivity contribution in [2.45, 2.75) is 6.92 Å². The van der Waals surface area contributed by atoms with Crippen LogP contribution in [0.4, 0.5) is 5.82 Å². The lowest BCUT2D eigenvalue weighted by atomic mass is 10.1. The lowest BCUT2D eigenvalue weighted by molar-refractivity contribution is 1.16. The van der Waals surface area contributed by atoms with Gasteiger partial charge < -0.3 is 5.32 Å². The van der Waals surface area contributed by atoms with Crippen molar-refractivity contribution in [3.8, 4) is 22.0 Å². The summed E-state index contributed by atoms with van der Waals surface area (Å²) in [6.45, 7) is 2.09. The van der Waals surface area contributed by atoms with E-state index < -0.39 is 0 Å². The summed E-state index contributed by atoms with van der Waals surface area (Å²) in [5.41, 5.74) is 3.29. The van der Waals surface area contributed by atoms with E-state index in [9.17, 15) is 0 Å². The molecule has 3 aromatic rings. The Kier molecular flexibility index (Phi) is 4.21. The molecule has 3 rings (SSSR count). The molecule has 3 nitrogen and oxygen atoms in total. The van der Waals surface area contributed by atoms with Crippen molar-refractivity contribution < 1.29 is 0 Å². The third-order valence-corrected chi connectivity index (χ3v) is 5.23. The normalized spacial score (nSPS) is 10.6. The Morgan fingerprint density at radius 3 is 2.48 bits per heavy atom. The van der Waals surface area contributed by atoms with Crippen LogP contribution in [0.1, 0.15) is 5.56 Å². The van der Waals surface area contributed by atoms with E-state index in [1.165, 1.54) is 5.56 Å². The fourth-order valence-electron chi connectivity index (χ4n) is 2.10. The third kappa shape index (κ3) is 2.80. The second-order valence-electron chi connectivity index (χ2n) is 4.61. The van der Waals surface area contributed by atoms with E-state index in [2.05, 4.69) is 63.4 Å². The number of hydrogen-bond donors (Lipinski definition) is 1. The number of rotatable bonds is 3. The summed E-state index contributed by atoms with van der Waals surface area (Å²) < 4.78 is 1.04. The van der Waals surface area contributed by atoms with Crippen molar-refractivity contribution in [1.29, 1.82) is 0 Å². The van der Waals surface area contributed by atoms with Crippen LogP contribution < -0.4 is 5.32 Å². The van der Waals surface area contributed by atoms with Crippen LogP contribution in [0.15, 0.2) is 41.8 Å². The van der Waals surface area contributed by atoms with E-state index in [4.69, 9.17) is 4.98 Å². The molecule has 0 radical (unpaired) electrons. The zero-order chi connectivity index (χ0) is 14.8. The molecule has 0 aliphatic carbocycles. The van der Waals surface area contributed by atoms with Gasteiger partial charge in [0.25, 0.3) is 0 Å². The van der Waals surface area contributed by atoms with Gasteiger partial charge >= 0.3 is 0 Å². The Hall–Kier alpha value is -1.47. The number of hydrogen-bond acceptors (Lipinski definition) is 4. The number of nitrogens with zero attached hydrogens (tertiary/aromatic N) is 2. The SMILES string of the molecule is CNc1nc(-c2sccc2C)nc(-c2ccccc2)c1I. The first-order valence-corrected chi connectivity index (χ1v) is 8.51. The van der Waals surface area contributed by atoms with Crippen LogP contribution in [0.25, 0.3) is 22.0 Å². The van der Waals surface area contributed by atoms with E-state index in [0.29, 0.717) is 0 Å². The van der Waals surface area contributed by atoms with Crippen LogP contribution in [0.3, 0.4) is 0 Å². The molecule has 0 saturated carbocycles. The fourth-order valence-corrected chi connectivity index (χ4v) is 3.78. The predicted molar refractivity (Wildman–Crippen MR) is 97.8 cm³/mol. The van der Waals surface area contributed by atoms with E-state index in [-0.39, 0.29) is 0 Å². The van der Waals surface area contributed by atoms with Gasteiger partial charge in [-0.05, 0) is 46.5 Å². The second-order valence-corrected chi connectivity index (χ2v) is 6.60. The molecule has 0 aliphatic heterocycles. The molecule has 106 valence electrons. The summed E-state index contributed by atoms with van der Waals surface area (Å²) in [7, 11) is 1.89. The van der Waals surface area contributed by atoms with E-state index in [0.717, 1.165) is 31.3 Å². The Labute approximate surface area is 141 Å². The molecule has 2 aromatic heterocycles. The first-order valence-electron chi connectivity index (χ1n) is 6.56. The number of nitrogens with one attached hydrogen (secondary N) is 1. The Morgan fingerprint density at radius 2 is 1.86 bits per heavy atom. The van der Waals surface area contributed by atoms with E-state index in [1.807, 2.05) is 25.2 Å². The summed E-state index contributed by atoms with van der Waals surface area (Å²) in [6, 6.07) is 12.3. The number of aryl methyl sites for hydroxylation is 1. The minimum atomic E-state index is 0.783. The molecule has 21 heavy (non-hydrogen) atoms. The molecule has 0 fully saturated rings. The predicted octanol–water partition coefficient (Wildman–Crippen LogP) is 4.83. The van der Waals surface area contributed by atoms with Crippen molar-refractivity contribution in [2.75, 3.05) is 12.4 Å². The van der Waals surface area contributed by atoms with Gasteiger partial charge in [-0.25, -0.2) is 9.97 Å². The number of anilines is 1. The number of thiophene rings is 1. The van der Waals surface area contributed by atoms with Crippen molar-refractivity contribution in [3.63, 3.8) is 0 Å². The summed E-state index contributed by atoms with van der Waals surface area (Å²) in [6.07, 6.45) is 0. The molecule has 0 spiro atoms. The van der Waals surface area contributed by atoms with Crippen LogP contribution in [0.2, 0.25) is 0 Å². The lowest BCUT2D eigenvalue weighted by Gasteiger charge is -2.11. The maximum Gasteiger partial charge on any atom is 0.172 e. The van der Waals surface area contributed by atoms with Gasteiger partial charge in [-0.1, -0.05) is 30.3 Å². The second kappa shape index (κ2) is 6.11. The quantitative estimate of drug-likeness (QED) is 0.633. The van der Waals surface area contributed by atoms with Gasteiger partial charge in [0.2, 0.25) is 0 Å². The maximum atomic E-state index is 4.81. The average Bonchev–Trinajstić information content (AvgIpc) is 2.94. The van der Waals surface area contributed by atoms with Gasteiger partial charge in [0, 0.05) is 12.6 Å². The molecule has 0 aliphatic rings. The fraction of sp³-hybridized carbons (Fsp3) is 0.125. The van der Waals surface area contributed by atoms with Crippen molar-refractivity contribution in [3.05, 3.63) is 50.9 Å². The Bertz CT molecular complexity index is 768. The molecule has 1 aromatic carbocycles. The molecular formula is C16H14IN3S. The molecule has 0 bridgehead atoms. The van der Waals surface area contributed by atoms with Gasteiger partial charge in [0.05, 0.1) is 14.1 Å². The van der Waals surface area contributed by atoms with Gasteiger partial charge in [-0.3, -0.25) is 0 Å². The van der Waals surface area contributed by atoms with Crippen molar-refractivity contribution in [1.82, 2.24) is 9.97 Å². The third-order valence-electron chi connectivity index (χ3n) is 3.20. The molecule has 5 heteroatoms. The number of benzene rings is 1. The highest BCUT2D eigenvalue weighted by Crippen LogP contribution is 2.33. The first-order chi connectivity index (χ1) is 10.2. The van der Waals surface area contributed by atoms with E-state index >= 15 is 0 Å². The lowest BCUT2D eigenvalue weighted by Crippen LogP contribution is -2.02. The first kappa shape index (κ1) is 14.5. The van der Waals surface area contributed by atoms with Crippen LogP contribution in [-0.2, 0) is 0 Å². The van der Waals surface area contributed by atoms with Crippen molar-refractivity contribution >= 4 is 39.7 Å². The van der Waals surface area contributed by atoms with Crippen LogP contribution in [0, 0.1) is 10.5 Å². The molecule has 2 heterocycles. The van der Waals surface area contributed by atoms with E-state index in [1.54, 1.807) is 11.3 Å². The highest BCUT2D eigenvalue weighted by atomic mass is 127. The standard InChI is InChI=1S/C16H14IN3S/c1-10-8-9-21-14(10)16-19-13(11-6-4-3-5-7-11)12(17)15(18-2)20-16/h3-9H,1-2H3,(H,18,19,20). The minimum absolute atomic E-state index is 0.783. The van der Waals surface area contributed by atoms with Crippen molar-refractivity contribution in [2.24, 2.45) is 0 Å². The monoisotopic (exact) mass is 407 g/mol. The summed E-state index contributed by atoms with van der Waals surface area (Å²) >= 11 is 3.98. The Morgan fingerprint density at radius 1 is 1.10 bits per heavy atom. The smallest absolute Gasteiger partial charge is 0.172 e. The van der Waals surface area contributed by atoms with Crippen LogP contribution >= 0.6 is 33.9 Å².